The van der Waals surface area contributed by atoms with Crippen LogP contribution in [0.2, 0.25) is 0 Å². The number of carbonyl (C=O) groups is 1. The van der Waals surface area contributed by atoms with E-state index in [0.29, 0.717) is 0 Å². The second-order valence-electron chi connectivity index (χ2n) is 4.62. The van der Waals surface area contributed by atoms with E-state index in [1.165, 1.54) is 18.7 Å². The van der Waals surface area contributed by atoms with Crippen LogP contribution in [0.15, 0.2) is 40.3 Å². The summed E-state index contributed by atoms with van der Waals surface area (Å²) in [5.41, 5.74) is 7.04. The molecule has 1 aliphatic rings. The highest BCUT2D eigenvalue weighted by atomic mass is 32.2. The van der Waals surface area contributed by atoms with Gasteiger partial charge in [-0.15, -0.1) is 11.8 Å². The molecule has 7 nitrogen and oxygen atoms in total. The molecule has 0 bridgehead atoms. The molecule has 1 aromatic carbocycles. The van der Waals surface area contributed by atoms with Crippen LogP contribution in [0.5, 0.6) is 0 Å². The van der Waals surface area contributed by atoms with Crippen molar-refractivity contribution in [2.75, 3.05) is 6.54 Å². The lowest BCUT2D eigenvalue weighted by atomic mass is 10.0. The molecule has 1 heterocycles. The van der Waals surface area contributed by atoms with E-state index in [1.54, 1.807) is 0 Å². The fourth-order valence-corrected chi connectivity index (χ4v) is 3.30. The first-order valence-corrected chi connectivity index (χ1v) is 6.94. The molecule has 20 heavy (non-hydrogen) atoms. The van der Waals surface area contributed by atoms with Gasteiger partial charge in [0, 0.05) is 16.4 Å². The fourth-order valence-electron chi connectivity index (χ4n) is 2.08. The highest BCUT2D eigenvalue weighted by Gasteiger charge is 2.44. The number of amides is 2. The number of thioether (sulfide) groups is 1. The third kappa shape index (κ3) is 3.36. The van der Waals surface area contributed by atoms with Crippen LogP contribution >= 0.6 is 11.8 Å². The second kappa shape index (κ2) is 6.04. The average molecular weight is 293 g/mol. The van der Waals surface area contributed by atoms with E-state index < -0.39 is 17.8 Å². The fraction of sp³-hybridized carbons (Fsp3) is 0.417. The zero-order valence-corrected chi connectivity index (χ0v) is 11.7. The molecule has 8 heteroatoms. The summed E-state index contributed by atoms with van der Waals surface area (Å²) in [5, 5.41) is 18.7. The van der Waals surface area contributed by atoms with E-state index in [0.717, 1.165) is 4.90 Å². The monoisotopic (exact) mass is 293 g/mol. The van der Waals surface area contributed by atoms with Crippen LogP contribution in [0.3, 0.4) is 0 Å². The molecule has 0 radical (unpaired) electrons. The number of aliphatic hydroxyl groups is 1. The van der Waals surface area contributed by atoms with Gasteiger partial charge in [0.05, 0.1) is 11.3 Å². The highest BCUT2D eigenvalue weighted by molar-refractivity contribution is 8.00. The Morgan fingerprint density at radius 1 is 1.50 bits per heavy atom. The minimum Gasteiger partial charge on any atom is -0.370 e. The molecule has 1 aromatic rings. The predicted octanol–water partition coefficient (Wildman–Crippen LogP) is 1.85. The van der Waals surface area contributed by atoms with Crippen LogP contribution in [0.4, 0.5) is 4.79 Å². The molecule has 0 aliphatic carbocycles. The maximum atomic E-state index is 11.5. The SMILES string of the molecule is CC1(O)NC(=O)NC(CN=[N+]=[N-])C1Sc1ccccc1. The molecule has 0 saturated carbocycles. The van der Waals surface area contributed by atoms with Crippen LogP contribution in [0, 0.1) is 0 Å². The molecular weight excluding hydrogens is 278 g/mol. The van der Waals surface area contributed by atoms with Gasteiger partial charge < -0.3 is 15.7 Å². The number of urea groups is 1. The Bertz CT molecular complexity index is 528. The first-order chi connectivity index (χ1) is 9.53. The van der Waals surface area contributed by atoms with Crippen molar-refractivity contribution in [3.05, 3.63) is 40.8 Å². The Labute approximate surface area is 120 Å². The first kappa shape index (κ1) is 14.5. The van der Waals surface area contributed by atoms with Crippen molar-refractivity contribution >= 4 is 17.8 Å². The third-order valence-corrected chi connectivity index (χ3v) is 4.54. The average Bonchev–Trinajstić information content (AvgIpc) is 2.40. The molecule has 3 N–H and O–H groups in total. The zero-order valence-electron chi connectivity index (χ0n) is 10.9. The van der Waals surface area contributed by atoms with Gasteiger partial charge in [-0.1, -0.05) is 23.3 Å². The predicted molar refractivity (Wildman–Crippen MR) is 76.2 cm³/mol. The summed E-state index contributed by atoms with van der Waals surface area (Å²) in [5.74, 6) is 0. The van der Waals surface area contributed by atoms with Crippen LogP contribution in [0.25, 0.3) is 10.4 Å². The first-order valence-electron chi connectivity index (χ1n) is 6.06. The van der Waals surface area contributed by atoms with Crippen molar-refractivity contribution in [1.82, 2.24) is 10.6 Å². The van der Waals surface area contributed by atoms with Crippen LogP contribution in [-0.4, -0.2) is 34.7 Å². The third-order valence-electron chi connectivity index (χ3n) is 2.95. The van der Waals surface area contributed by atoms with Crippen molar-refractivity contribution in [3.8, 4) is 0 Å². The molecule has 1 fully saturated rings. The summed E-state index contributed by atoms with van der Waals surface area (Å²) in [6.45, 7) is 1.63. The lowest BCUT2D eigenvalue weighted by Crippen LogP contribution is -2.69. The number of rotatable bonds is 4. The van der Waals surface area contributed by atoms with E-state index in [1.807, 2.05) is 30.3 Å². The van der Waals surface area contributed by atoms with Crippen LogP contribution in [-0.2, 0) is 0 Å². The minimum atomic E-state index is -1.39. The summed E-state index contributed by atoms with van der Waals surface area (Å²) >= 11 is 1.42. The standard InChI is InChI=1S/C12H15N5O2S/c1-12(19)10(20-8-5-3-2-4-6-8)9(7-14-17-13)15-11(18)16-12/h2-6,9-10,19H,7H2,1H3,(H2,15,16,18). The molecule has 3 unspecified atom stereocenters. The van der Waals surface area contributed by atoms with Gasteiger partial charge >= 0.3 is 6.03 Å². The highest BCUT2D eigenvalue weighted by Crippen LogP contribution is 2.33. The van der Waals surface area contributed by atoms with Gasteiger partial charge in [0.1, 0.15) is 5.72 Å². The lowest BCUT2D eigenvalue weighted by Gasteiger charge is -2.42. The number of benzene rings is 1. The Balaban J connectivity index is 2.22. The number of carbonyl (C=O) groups excluding carboxylic acids is 1. The van der Waals surface area contributed by atoms with Gasteiger partial charge in [-0.05, 0) is 24.6 Å². The number of azide groups is 1. The zero-order chi connectivity index (χ0) is 14.6. The largest absolute Gasteiger partial charge is 0.370 e. The van der Waals surface area contributed by atoms with Crippen molar-refractivity contribution in [2.45, 2.75) is 28.8 Å². The smallest absolute Gasteiger partial charge is 0.317 e. The van der Waals surface area contributed by atoms with Crippen molar-refractivity contribution in [1.29, 1.82) is 0 Å². The lowest BCUT2D eigenvalue weighted by molar-refractivity contribution is 0.0130. The summed E-state index contributed by atoms with van der Waals surface area (Å²) in [6, 6.07) is 8.62. The number of hydrogen-bond acceptors (Lipinski definition) is 4. The molecule has 2 rings (SSSR count). The number of nitrogens with one attached hydrogen (secondary N) is 2. The molecular formula is C12H15N5O2S. The van der Waals surface area contributed by atoms with E-state index >= 15 is 0 Å². The Morgan fingerprint density at radius 2 is 2.20 bits per heavy atom. The van der Waals surface area contributed by atoms with Crippen molar-refractivity contribution in [3.63, 3.8) is 0 Å². The normalized spacial score (nSPS) is 29.0. The maximum Gasteiger partial charge on any atom is 0.317 e. The van der Waals surface area contributed by atoms with E-state index in [2.05, 4.69) is 20.7 Å². The van der Waals surface area contributed by atoms with Crippen molar-refractivity contribution in [2.24, 2.45) is 5.11 Å². The topological polar surface area (TPSA) is 110 Å². The quantitative estimate of drug-likeness (QED) is 0.447. The van der Waals surface area contributed by atoms with Crippen molar-refractivity contribution < 1.29 is 9.90 Å². The summed E-state index contributed by atoms with van der Waals surface area (Å²) in [7, 11) is 0. The summed E-state index contributed by atoms with van der Waals surface area (Å²) in [4.78, 5) is 15.2. The molecule has 1 saturated heterocycles. The van der Waals surface area contributed by atoms with Gasteiger partial charge in [0.2, 0.25) is 0 Å². The molecule has 2 amide bonds. The van der Waals surface area contributed by atoms with Gasteiger partial charge in [-0.2, -0.15) is 0 Å². The van der Waals surface area contributed by atoms with Gasteiger partial charge in [-0.25, -0.2) is 4.79 Å². The molecule has 106 valence electrons. The second-order valence-corrected chi connectivity index (χ2v) is 5.83. The van der Waals surface area contributed by atoms with E-state index in [9.17, 15) is 9.90 Å². The molecule has 3 atom stereocenters. The van der Waals surface area contributed by atoms with Crippen LogP contribution in [0.1, 0.15) is 6.92 Å². The minimum absolute atomic E-state index is 0.0879. The van der Waals surface area contributed by atoms with Gasteiger partial charge in [-0.3, -0.25) is 0 Å². The summed E-state index contributed by atoms with van der Waals surface area (Å²) in [6.07, 6.45) is 0. The van der Waals surface area contributed by atoms with E-state index in [-0.39, 0.29) is 11.8 Å². The van der Waals surface area contributed by atoms with Gasteiger partial charge in [0.25, 0.3) is 0 Å². The van der Waals surface area contributed by atoms with Crippen LogP contribution < -0.4 is 10.6 Å². The number of nitrogens with zero attached hydrogens (tertiary/aromatic N) is 3. The Hall–Kier alpha value is -1.89. The number of hydrogen-bond donors (Lipinski definition) is 3. The molecule has 0 aromatic heterocycles. The molecule has 0 spiro atoms. The maximum absolute atomic E-state index is 11.5. The summed E-state index contributed by atoms with van der Waals surface area (Å²) < 4.78 is 0. The Kier molecular flexibility index (Phi) is 4.39. The van der Waals surface area contributed by atoms with E-state index in [4.69, 9.17) is 5.53 Å². The van der Waals surface area contributed by atoms with Gasteiger partial charge in [0.15, 0.2) is 0 Å². The molecule has 1 aliphatic heterocycles. The Morgan fingerprint density at radius 3 is 2.85 bits per heavy atom.